The third-order valence-corrected chi connectivity index (χ3v) is 1.71. The van der Waals surface area contributed by atoms with Gasteiger partial charge in [-0.3, -0.25) is 20.2 Å². The van der Waals surface area contributed by atoms with Crippen LogP contribution in [0.1, 0.15) is 5.82 Å². The highest BCUT2D eigenvalue weighted by Crippen LogP contribution is 2.26. The molecule has 0 aliphatic carbocycles. The smallest absolute Gasteiger partial charge is 0.257 e. The summed E-state index contributed by atoms with van der Waals surface area (Å²) in [6.07, 6.45) is 1.76. The minimum Gasteiger partial charge on any atom is -0.257 e. The number of rotatable bonds is 3. The standard InChI is InChI=1S/C4H2ClN5O4/c5-4(9(11)12,10(13)14)3-7-1-6-2-8-3/h1-2H. The molecule has 0 saturated heterocycles. The molecular weight excluding hydrogens is 218 g/mol. The fourth-order valence-electron chi connectivity index (χ4n) is 0.633. The molecule has 0 spiro atoms. The molecule has 0 aromatic carbocycles. The molecule has 0 saturated carbocycles. The van der Waals surface area contributed by atoms with Crippen LogP contribution in [0.3, 0.4) is 0 Å². The number of hydrogen-bond acceptors (Lipinski definition) is 7. The van der Waals surface area contributed by atoms with Crippen molar-refractivity contribution in [1.82, 2.24) is 15.0 Å². The van der Waals surface area contributed by atoms with Crippen LogP contribution in [0.2, 0.25) is 0 Å². The van der Waals surface area contributed by atoms with Crippen LogP contribution in [0.5, 0.6) is 0 Å². The Kier molecular flexibility index (Phi) is 2.51. The number of aromatic nitrogens is 3. The quantitative estimate of drug-likeness (QED) is 0.226. The van der Waals surface area contributed by atoms with E-state index < -0.39 is 20.8 Å². The number of nitrogens with zero attached hydrogens (tertiary/aromatic N) is 5. The predicted octanol–water partition coefficient (Wildman–Crippen LogP) is -0.226. The van der Waals surface area contributed by atoms with Gasteiger partial charge in [0, 0.05) is 0 Å². The van der Waals surface area contributed by atoms with Crippen LogP contribution in [-0.2, 0) is 5.12 Å². The van der Waals surface area contributed by atoms with Crippen molar-refractivity contribution in [1.29, 1.82) is 0 Å². The molecule has 0 fully saturated rings. The molecule has 1 rings (SSSR count). The normalized spacial score (nSPS) is 10.9. The third kappa shape index (κ3) is 1.44. The maximum atomic E-state index is 10.4. The fraction of sp³-hybridized carbons (Fsp3) is 0.250. The van der Waals surface area contributed by atoms with Crippen LogP contribution in [0, 0.1) is 20.2 Å². The molecule has 14 heavy (non-hydrogen) atoms. The highest BCUT2D eigenvalue weighted by atomic mass is 35.5. The molecule has 9 nitrogen and oxygen atoms in total. The Labute approximate surface area is 81.1 Å². The lowest BCUT2D eigenvalue weighted by Gasteiger charge is -2.06. The molecule has 1 heterocycles. The molecule has 1 aromatic rings. The van der Waals surface area contributed by atoms with E-state index in [1.165, 1.54) is 0 Å². The Morgan fingerprint density at radius 1 is 1.21 bits per heavy atom. The van der Waals surface area contributed by atoms with Gasteiger partial charge >= 0.3 is 10.9 Å². The highest BCUT2D eigenvalue weighted by Gasteiger charge is 2.60. The molecule has 0 amide bonds. The lowest BCUT2D eigenvalue weighted by Crippen LogP contribution is -2.39. The third-order valence-electron chi connectivity index (χ3n) is 1.26. The summed E-state index contributed by atoms with van der Waals surface area (Å²) in [5, 5.41) is 17.7. The molecule has 74 valence electrons. The first kappa shape index (κ1) is 10.2. The SMILES string of the molecule is O=[N+]([O-])C(Cl)(c1ncncn1)[N+](=O)[O-]. The van der Waals surface area contributed by atoms with Crippen molar-refractivity contribution in [3.63, 3.8) is 0 Å². The van der Waals surface area contributed by atoms with Crippen LogP contribution < -0.4 is 0 Å². The number of halogens is 1. The van der Waals surface area contributed by atoms with Gasteiger partial charge < -0.3 is 0 Å². The largest absolute Gasteiger partial charge is 0.598 e. The zero-order valence-electron chi connectivity index (χ0n) is 6.40. The van der Waals surface area contributed by atoms with E-state index >= 15 is 0 Å². The summed E-state index contributed by atoms with van der Waals surface area (Å²) in [5.41, 5.74) is 0. The van der Waals surface area contributed by atoms with Gasteiger partial charge in [-0.1, -0.05) is 0 Å². The number of alkyl halides is 1. The van der Waals surface area contributed by atoms with E-state index in [1.807, 2.05) is 0 Å². The lowest BCUT2D eigenvalue weighted by molar-refractivity contribution is -0.780. The zero-order chi connectivity index (χ0) is 10.8. The Hall–Kier alpha value is -1.90. The molecule has 1 aromatic heterocycles. The Morgan fingerprint density at radius 2 is 1.64 bits per heavy atom. The maximum absolute atomic E-state index is 10.4. The first-order valence-electron chi connectivity index (χ1n) is 3.10. The van der Waals surface area contributed by atoms with Crippen LogP contribution in [-0.4, -0.2) is 24.8 Å². The van der Waals surface area contributed by atoms with Gasteiger partial charge in [0.2, 0.25) is 0 Å². The van der Waals surface area contributed by atoms with E-state index in [1.54, 1.807) is 0 Å². The van der Waals surface area contributed by atoms with Gasteiger partial charge in [0.25, 0.3) is 0 Å². The summed E-state index contributed by atoms with van der Waals surface area (Å²) in [5.74, 6) is -0.732. The topological polar surface area (TPSA) is 125 Å². The molecule has 0 N–H and O–H groups in total. The molecule has 0 atom stereocenters. The van der Waals surface area contributed by atoms with Gasteiger partial charge in [-0.25, -0.2) is 15.0 Å². The summed E-state index contributed by atoms with van der Waals surface area (Å²) in [6, 6.07) is 0. The first-order valence-corrected chi connectivity index (χ1v) is 3.47. The van der Waals surface area contributed by atoms with Crippen LogP contribution in [0.4, 0.5) is 0 Å². The minimum absolute atomic E-state index is 0.732. The predicted molar refractivity (Wildman–Crippen MR) is 41.3 cm³/mol. The van der Waals surface area contributed by atoms with Crippen molar-refractivity contribution in [2.24, 2.45) is 0 Å². The van der Waals surface area contributed by atoms with E-state index in [0.717, 1.165) is 12.7 Å². The van der Waals surface area contributed by atoms with Crippen LogP contribution >= 0.6 is 11.6 Å². The van der Waals surface area contributed by atoms with Crippen molar-refractivity contribution in [2.75, 3.05) is 0 Å². The zero-order valence-corrected chi connectivity index (χ0v) is 7.16. The van der Waals surface area contributed by atoms with Crippen molar-refractivity contribution in [3.05, 3.63) is 38.7 Å². The van der Waals surface area contributed by atoms with Gasteiger partial charge in [-0.2, -0.15) is 0 Å². The molecule has 0 bridgehead atoms. The Bertz CT molecular complexity index is 355. The van der Waals surface area contributed by atoms with Crippen molar-refractivity contribution < 1.29 is 9.85 Å². The van der Waals surface area contributed by atoms with Crippen LogP contribution in [0.15, 0.2) is 12.7 Å². The van der Waals surface area contributed by atoms with E-state index in [9.17, 15) is 20.2 Å². The van der Waals surface area contributed by atoms with Gasteiger partial charge in [0.1, 0.15) is 22.5 Å². The Morgan fingerprint density at radius 3 is 2.00 bits per heavy atom. The molecule has 0 unspecified atom stereocenters. The van der Waals surface area contributed by atoms with E-state index in [4.69, 9.17) is 11.6 Å². The van der Waals surface area contributed by atoms with Gasteiger partial charge in [-0.15, -0.1) is 0 Å². The minimum atomic E-state index is -3.05. The summed E-state index contributed by atoms with van der Waals surface area (Å²) < 4.78 is 0. The van der Waals surface area contributed by atoms with Crippen molar-refractivity contribution >= 4 is 11.6 Å². The lowest BCUT2D eigenvalue weighted by atomic mass is 10.5. The van der Waals surface area contributed by atoms with Crippen LogP contribution in [0.25, 0.3) is 0 Å². The molecule has 0 radical (unpaired) electrons. The summed E-state index contributed by atoms with van der Waals surface area (Å²) in [4.78, 5) is 28.1. The molecule has 10 heteroatoms. The fourth-order valence-corrected chi connectivity index (χ4v) is 0.731. The molecule has 0 aliphatic heterocycles. The van der Waals surface area contributed by atoms with Gasteiger partial charge in [-0.05, 0) is 0 Å². The van der Waals surface area contributed by atoms with Crippen molar-refractivity contribution in [2.45, 2.75) is 5.12 Å². The average Bonchev–Trinajstić information content (AvgIpc) is 2.17. The first-order chi connectivity index (χ1) is 6.49. The molecular formula is C4H2ClN5O4. The monoisotopic (exact) mass is 219 g/mol. The molecule has 0 aliphatic rings. The Balaban J connectivity index is 3.27. The van der Waals surface area contributed by atoms with Crippen molar-refractivity contribution in [3.8, 4) is 0 Å². The second kappa shape index (κ2) is 3.46. The van der Waals surface area contributed by atoms with Gasteiger partial charge in [0.05, 0.1) is 11.6 Å². The summed E-state index contributed by atoms with van der Waals surface area (Å²) >= 11 is 5.18. The maximum Gasteiger partial charge on any atom is 0.598 e. The summed E-state index contributed by atoms with van der Waals surface area (Å²) in [7, 11) is 0. The summed E-state index contributed by atoms with van der Waals surface area (Å²) in [6.45, 7) is 0. The number of nitro groups is 2. The highest BCUT2D eigenvalue weighted by molar-refractivity contribution is 6.21. The second-order valence-electron chi connectivity index (χ2n) is 2.06. The van der Waals surface area contributed by atoms with E-state index in [0.29, 0.717) is 0 Å². The van der Waals surface area contributed by atoms with E-state index in [2.05, 4.69) is 15.0 Å². The second-order valence-corrected chi connectivity index (χ2v) is 2.59. The number of hydrogen-bond donors (Lipinski definition) is 0. The van der Waals surface area contributed by atoms with E-state index in [-0.39, 0.29) is 0 Å². The van der Waals surface area contributed by atoms with Gasteiger partial charge in [0.15, 0.2) is 0 Å². The average molecular weight is 220 g/mol.